The van der Waals surface area contributed by atoms with Crippen LogP contribution in [0.3, 0.4) is 0 Å². The van der Waals surface area contributed by atoms with E-state index in [4.69, 9.17) is 21.9 Å². The summed E-state index contributed by atoms with van der Waals surface area (Å²) < 4.78 is 6.20. The molecule has 30 heavy (non-hydrogen) atoms. The van der Waals surface area contributed by atoms with Gasteiger partial charge in [0.2, 0.25) is 5.88 Å². The maximum absolute atomic E-state index is 9.99. The van der Waals surface area contributed by atoms with Crippen LogP contribution in [-0.4, -0.2) is 0 Å². The fourth-order valence-corrected chi connectivity index (χ4v) is 3.45. The number of nitrogens with one attached hydrogen (secondary N) is 2. The minimum absolute atomic E-state index is 0.341. The molecule has 0 saturated carbocycles. The Kier molecular flexibility index (Phi) is 5.82. The van der Waals surface area contributed by atoms with Crippen LogP contribution >= 0.6 is 11.6 Å². The maximum Gasteiger partial charge on any atom is 0.213 e. The van der Waals surface area contributed by atoms with E-state index in [1.807, 2.05) is 72.8 Å². The number of hydrogen-bond donors (Lipinski definition) is 3. The number of benzene rings is 3. The third-order valence-corrected chi connectivity index (χ3v) is 5.02. The molecular weight excluding hydrogens is 396 g/mol. The molecule has 0 bridgehead atoms. The van der Waals surface area contributed by atoms with E-state index in [1.165, 1.54) is 0 Å². The highest BCUT2D eigenvalue weighted by Crippen LogP contribution is 2.42. The van der Waals surface area contributed by atoms with Crippen molar-refractivity contribution in [2.45, 2.75) is 6.17 Å². The number of hydrazine groups is 1. The molecule has 0 amide bonds. The Morgan fingerprint density at radius 2 is 1.47 bits per heavy atom. The van der Waals surface area contributed by atoms with Gasteiger partial charge in [-0.15, -0.1) is 0 Å². The van der Waals surface area contributed by atoms with Crippen LogP contribution in [0.15, 0.2) is 89.3 Å². The molecule has 148 valence electrons. The van der Waals surface area contributed by atoms with Crippen LogP contribution in [0, 0.1) is 11.3 Å². The Morgan fingerprint density at radius 1 is 0.867 bits per heavy atom. The summed E-state index contributed by atoms with van der Waals surface area (Å²) in [5.41, 5.74) is 6.50. The van der Waals surface area contributed by atoms with Gasteiger partial charge in [0.25, 0.3) is 0 Å². The van der Waals surface area contributed by atoms with E-state index in [1.54, 1.807) is 12.1 Å². The fourth-order valence-electron chi connectivity index (χ4n) is 3.32. The predicted molar refractivity (Wildman–Crippen MR) is 119 cm³/mol. The van der Waals surface area contributed by atoms with E-state index in [2.05, 4.69) is 16.8 Å². The number of nitriles is 1. The van der Waals surface area contributed by atoms with Crippen LogP contribution < -0.4 is 16.6 Å². The first-order chi connectivity index (χ1) is 14.7. The van der Waals surface area contributed by atoms with Crippen molar-refractivity contribution in [2.24, 2.45) is 5.84 Å². The monoisotopic (exact) mass is 414 g/mol. The molecule has 1 heterocycles. The van der Waals surface area contributed by atoms with E-state index in [-0.39, 0.29) is 0 Å². The molecule has 6 heteroatoms. The van der Waals surface area contributed by atoms with E-state index in [0.29, 0.717) is 22.2 Å². The van der Waals surface area contributed by atoms with Crippen molar-refractivity contribution in [1.82, 2.24) is 5.43 Å². The highest BCUT2D eigenvalue weighted by atomic mass is 35.5. The SMILES string of the molecule is N#Cc1c(N[C@@H](NN)c2ccc(Cl)cc2)oc(-c2ccccc2)c1-c1ccccc1. The molecule has 4 N–H and O–H groups in total. The number of furan rings is 1. The van der Waals surface area contributed by atoms with E-state index in [9.17, 15) is 5.26 Å². The number of anilines is 1. The first-order valence-electron chi connectivity index (χ1n) is 9.37. The summed E-state index contributed by atoms with van der Waals surface area (Å²) in [4.78, 5) is 0. The van der Waals surface area contributed by atoms with E-state index in [0.717, 1.165) is 22.3 Å². The van der Waals surface area contributed by atoms with Gasteiger partial charge in [0.15, 0.2) is 0 Å². The molecule has 0 aliphatic rings. The van der Waals surface area contributed by atoms with Crippen molar-refractivity contribution in [3.8, 4) is 28.5 Å². The third-order valence-electron chi connectivity index (χ3n) is 4.76. The van der Waals surface area contributed by atoms with Gasteiger partial charge in [0.05, 0.1) is 0 Å². The van der Waals surface area contributed by atoms with Gasteiger partial charge in [-0.2, -0.15) is 5.26 Å². The lowest BCUT2D eigenvalue weighted by Crippen LogP contribution is -2.33. The van der Waals surface area contributed by atoms with Crippen LogP contribution in [0.1, 0.15) is 17.3 Å². The van der Waals surface area contributed by atoms with Gasteiger partial charge in [-0.25, -0.2) is 5.43 Å². The van der Waals surface area contributed by atoms with Gasteiger partial charge >= 0.3 is 0 Å². The van der Waals surface area contributed by atoms with Crippen molar-refractivity contribution in [3.63, 3.8) is 0 Å². The van der Waals surface area contributed by atoms with Crippen molar-refractivity contribution in [3.05, 3.63) is 101 Å². The molecule has 5 nitrogen and oxygen atoms in total. The molecule has 4 aromatic rings. The summed E-state index contributed by atoms with van der Waals surface area (Å²) in [7, 11) is 0. The number of hydrogen-bond acceptors (Lipinski definition) is 5. The molecule has 1 aromatic heterocycles. The number of rotatable bonds is 6. The molecule has 0 unspecified atom stereocenters. The van der Waals surface area contributed by atoms with Gasteiger partial charge in [-0.05, 0) is 23.3 Å². The molecule has 0 aliphatic heterocycles. The smallest absolute Gasteiger partial charge is 0.213 e. The zero-order chi connectivity index (χ0) is 20.9. The molecular formula is C24H19ClN4O. The standard InChI is InChI=1S/C24H19ClN4O/c25-19-13-11-18(12-14-19)23(29-27)28-24-20(15-26)21(16-7-3-1-4-8-16)22(30-24)17-9-5-2-6-10-17/h1-14,23,28-29H,27H2/t23-/m0/s1. The lowest BCUT2D eigenvalue weighted by molar-refractivity contribution is 0.549. The largest absolute Gasteiger partial charge is 0.439 e. The van der Waals surface area contributed by atoms with Crippen LogP contribution in [0.5, 0.6) is 0 Å². The number of nitrogens with two attached hydrogens (primary N) is 1. The van der Waals surface area contributed by atoms with Crippen LogP contribution in [0.4, 0.5) is 5.88 Å². The second kappa shape index (κ2) is 8.85. The normalized spacial score (nSPS) is 11.6. The molecule has 0 fully saturated rings. The molecule has 0 radical (unpaired) electrons. The Balaban J connectivity index is 1.83. The second-order valence-electron chi connectivity index (χ2n) is 6.65. The molecule has 1 atom stereocenters. The molecule has 4 rings (SSSR count). The Labute approximate surface area is 179 Å². The Morgan fingerprint density at radius 3 is 2.03 bits per heavy atom. The summed E-state index contributed by atoms with van der Waals surface area (Å²) in [6.07, 6.45) is -0.479. The molecule has 0 spiro atoms. The zero-order valence-corrected chi connectivity index (χ0v) is 16.7. The molecule has 3 aromatic carbocycles. The lowest BCUT2D eigenvalue weighted by Gasteiger charge is -2.18. The van der Waals surface area contributed by atoms with Crippen molar-refractivity contribution in [1.29, 1.82) is 5.26 Å². The first kappa shape index (κ1) is 19.7. The van der Waals surface area contributed by atoms with Crippen molar-refractivity contribution in [2.75, 3.05) is 5.32 Å². The summed E-state index contributed by atoms with van der Waals surface area (Å²) in [6, 6.07) is 29.0. The molecule has 0 aliphatic carbocycles. The van der Waals surface area contributed by atoms with Gasteiger partial charge in [0.1, 0.15) is 23.6 Å². The number of nitrogens with zero attached hydrogens (tertiary/aromatic N) is 1. The number of halogens is 1. The Hall–Kier alpha value is -3.56. The predicted octanol–water partition coefficient (Wildman–Crippen LogP) is 5.71. The summed E-state index contributed by atoms with van der Waals surface area (Å²) in [5.74, 6) is 6.74. The van der Waals surface area contributed by atoms with Gasteiger partial charge < -0.3 is 9.73 Å². The highest BCUT2D eigenvalue weighted by Gasteiger charge is 2.24. The summed E-state index contributed by atoms with van der Waals surface area (Å²) in [5, 5.41) is 13.8. The maximum atomic E-state index is 9.99. The third kappa shape index (κ3) is 3.93. The van der Waals surface area contributed by atoms with E-state index < -0.39 is 6.17 Å². The zero-order valence-electron chi connectivity index (χ0n) is 16.0. The van der Waals surface area contributed by atoms with Gasteiger partial charge in [-0.3, -0.25) is 5.84 Å². The highest BCUT2D eigenvalue weighted by molar-refractivity contribution is 6.30. The average molecular weight is 415 g/mol. The quantitative estimate of drug-likeness (QED) is 0.213. The minimum Gasteiger partial charge on any atom is -0.439 e. The van der Waals surface area contributed by atoms with Crippen molar-refractivity contribution < 1.29 is 4.42 Å². The summed E-state index contributed by atoms with van der Waals surface area (Å²) >= 11 is 5.99. The second-order valence-corrected chi connectivity index (χ2v) is 7.09. The van der Waals surface area contributed by atoms with Crippen LogP contribution in [0.25, 0.3) is 22.5 Å². The van der Waals surface area contributed by atoms with Gasteiger partial charge in [-0.1, -0.05) is 84.4 Å². The van der Waals surface area contributed by atoms with E-state index >= 15 is 0 Å². The average Bonchev–Trinajstić information content (AvgIpc) is 3.17. The van der Waals surface area contributed by atoms with Crippen LogP contribution in [0.2, 0.25) is 5.02 Å². The Bertz CT molecular complexity index is 1170. The first-order valence-corrected chi connectivity index (χ1v) is 9.75. The van der Waals surface area contributed by atoms with Crippen molar-refractivity contribution >= 4 is 17.5 Å². The lowest BCUT2D eigenvalue weighted by atomic mass is 9.98. The van der Waals surface area contributed by atoms with Gasteiger partial charge in [0, 0.05) is 16.1 Å². The topological polar surface area (TPSA) is 87.0 Å². The minimum atomic E-state index is -0.479. The van der Waals surface area contributed by atoms with Crippen LogP contribution in [-0.2, 0) is 0 Å². The fraction of sp³-hybridized carbons (Fsp3) is 0.0417. The molecule has 0 saturated heterocycles. The summed E-state index contributed by atoms with van der Waals surface area (Å²) in [6.45, 7) is 0.